The molecule has 110 valence electrons. The number of hydrogen-bond donors (Lipinski definition) is 1. The summed E-state index contributed by atoms with van der Waals surface area (Å²) in [5, 5.41) is 3.01. The van der Waals surface area contributed by atoms with Crippen LogP contribution >= 0.6 is 0 Å². The van der Waals surface area contributed by atoms with E-state index in [1.165, 1.54) is 5.56 Å². The van der Waals surface area contributed by atoms with Gasteiger partial charge in [0.05, 0.1) is 6.10 Å². The minimum atomic E-state index is 0.153. The van der Waals surface area contributed by atoms with Crippen LogP contribution in [0.5, 0.6) is 0 Å². The van der Waals surface area contributed by atoms with Gasteiger partial charge in [0.15, 0.2) is 0 Å². The smallest absolute Gasteiger partial charge is 0.220 e. The lowest BCUT2D eigenvalue weighted by Gasteiger charge is -2.13. The van der Waals surface area contributed by atoms with Crippen molar-refractivity contribution in [1.82, 2.24) is 5.32 Å². The molecule has 1 N–H and O–H groups in total. The molecule has 0 aliphatic carbocycles. The maximum absolute atomic E-state index is 11.8. The van der Waals surface area contributed by atoms with E-state index >= 15 is 0 Å². The number of hydrogen-bond acceptors (Lipinski definition) is 2. The van der Waals surface area contributed by atoms with Gasteiger partial charge in [-0.2, -0.15) is 0 Å². The Kier molecular flexibility index (Phi) is 6.06. The summed E-state index contributed by atoms with van der Waals surface area (Å²) in [4.78, 5) is 11.8. The summed E-state index contributed by atoms with van der Waals surface area (Å²) < 4.78 is 5.52. The quantitative estimate of drug-likeness (QED) is 0.829. The summed E-state index contributed by atoms with van der Waals surface area (Å²) in [7, 11) is 0. The molecule has 1 heterocycles. The summed E-state index contributed by atoms with van der Waals surface area (Å²) in [5.74, 6) is 0.635. The minimum absolute atomic E-state index is 0.153. The molecule has 2 rings (SSSR count). The molecule has 20 heavy (non-hydrogen) atoms. The number of amides is 1. The first kappa shape index (κ1) is 15.0. The lowest BCUT2D eigenvalue weighted by Crippen LogP contribution is -2.26. The van der Waals surface area contributed by atoms with Crippen molar-refractivity contribution in [2.75, 3.05) is 13.2 Å². The minimum Gasteiger partial charge on any atom is -0.378 e. The van der Waals surface area contributed by atoms with Crippen molar-refractivity contribution in [3.05, 3.63) is 35.9 Å². The summed E-state index contributed by atoms with van der Waals surface area (Å²) in [6.45, 7) is 3.81. The zero-order chi connectivity index (χ0) is 14.2. The Morgan fingerprint density at radius 3 is 2.90 bits per heavy atom. The fourth-order valence-corrected chi connectivity index (χ4v) is 2.63. The van der Waals surface area contributed by atoms with Gasteiger partial charge in [0.1, 0.15) is 0 Å². The van der Waals surface area contributed by atoms with E-state index in [9.17, 15) is 4.79 Å². The van der Waals surface area contributed by atoms with Crippen LogP contribution in [0.4, 0.5) is 0 Å². The Morgan fingerprint density at radius 1 is 1.40 bits per heavy atom. The molecule has 0 bridgehead atoms. The number of ether oxygens (including phenoxy) is 1. The van der Waals surface area contributed by atoms with Gasteiger partial charge in [0, 0.05) is 19.6 Å². The van der Waals surface area contributed by atoms with E-state index < -0.39 is 0 Å². The van der Waals surface area contributed by atoms with Crippen LogP contribution in [0.3, 0.4) is 0 Å². The molecule has 1 aromatic carbocycles. The summed E-state index contributed by atoms with van der Waals surface area (Å²) in [6, 6.07) is 10.4. The van der Waals surface area contributed by atoms with Crippen LogP contribution in [0, 0.1) is 0 Å². The fourth-order valence-electron chi connectivity index (χ4n) is 2.63. The molecule has 0 saturated carbocycles. The molecule has 0 spiro atoms. The summed E-state index contributed by atoms with van der Waals surface area (Å²) in [5.41, 5.74) is 1.33. The maximum Gasteiger partial charge on any atom is 0.220 e. The van der Waals surface area contributed by atoms with Crippen LogP contribution in [0.1, 0.15) is 50.5 Å². The number of benzene rings is 1. The van der Waals surface area contributed by atoms with Crippen molar-refractivity contribution >= 4 is 5.91 Å². The molecule has 1 fully saturated rings. The van der Waals surface area contributed by atoms with Crippen LogP contribution in [0.15, 0.2) is 30.3 Å². The second-order valence-electron chi connectivity index (χ2n) is 5.62. The third-order valence-electron chi connectivity index (χ3n) is 3.99. The van der Waals surface area contributed by atoms with E-state index in [-0.39, 0.29) is 5.91 Å². The number of carbonyl (C=O) groups excluding carboxylic acids is 1. The lowest BCUT2D eigenvalue weighted by atomic mass is 9.98. The second-order valence-corrected chi connectivity index (χ2v) is 5.62. The van der Waals surface area contributed by atoms with E-state index in [1.807, 2.05) is 6.07 Å². The first-order valence-electron chi connectivity index (χ1n) is 7.69. The highest BCUT2D eigenvalue weighted by molar-refractivity contribution is 5.75. The number of nitrogens with one attached hydrogen (secondary N) is 1. The molecule has 1 amide bonds. The molecule has 1 aliphatic rings. The summed E-state index contributed by atoms with van der Waals surface area (Å²) >= 11 is 0. The van der Waals surface area contributed by atoms with Crippen molar-refractivity contribution in [1.29, 1.82) is 0 Å². The van der Waals surface area contributed by atoms with Crippen LogP contribution in [-0.2, 0) is 9.53 Å². The third-order valence-corrected chi connectivity index (χ3v) is 3.99. The van der Waals surface area contributed by atoms with Gasteiger partial charge in [0.25, 0.3) is 0 Å². The average molecular weight is 275 g/mol. The first-order valence-corrected chi connectivity index (χ1v) is 7.69. The topological polar surface area (TPSA) is 38.3 Å². The predicted molar refractivity (Wildman–Crippen MR) is 80.7 cm³/mol. The van der Waals surface area contributed by atoms with Crippen molar-refractivity contribution < 1.29 is 9.53 Å². The maximum atomic E-state index is 11.8. The van der Waals surface area contributed by atoms with Crippen molar-refractivity contribution in [3.63, 3.8) is 0 Å². The van der Waals surface area contributed by atoms with Gasteiger partial charge in [-0.15, -0.1) is 0 Å². The lowest BCUT2D eigenvalue weighted by molar-refractivity contribution is -0.121. The zero-order valence-electron chi connectivity index (χ0n) is 12.3. The van der Waals surface area contributed by atoms with Crippen LogP contribution in [0.25, 0.3) is 0 Å². The molecule has 0 aromatic heterocycles. The van der Waals surface area contributed by atoms with Gasteiger partial charge in [-0.1, -0.05) is 37.3 Å². The van der Waals surface area contributed by atoms with Crippen LogP contribution < -0.4 is 5.32 Å². The Balaban J connectivity index is 1.59. The van der Waals surface area contributed by atoms with Crippen molar-refractivity contribution in [2.24, 2.45) is 0 Å². The SMILES string of the molecule is C[C@H](CCNC(=O)CC[C@@H]1CCCO1)c1ccccc1. The van der Waals surface area contributed by atoms with Gasteiger partial charge in [0.2, 0.25) is 5.91 Å². The Bertz CT molecular complexity index is 399. The molecule has 1 aromatic rings. The largest absolute Gasteiger partial charge is 0.378 e. The van der Waals surface area contributed by atoms with Gasteiger partial charge in [-0.3, -0.25) is 4.79 Å². The van der Waals surface area contributed by atoms with Crippen molar-refractivity contribution in [3.8, 4) is 0 Å². The molecule has 3 heteroatoms. The normalized spacial score (nSPS) is 19.8. The molecule has 0 unspecified atom stereocenters. The molecule has 2 atom stereocenters. The highest BCUT2D eigenvalue weighted by atomic mass is 16.5. The summed E-state index contributed by atoms with van der Waals surface area (Å²) in [6.07, 6.45) is 4.99. The Morgan fingerprint density at radius 2 is 2.20 bits per heavy atom. The molecular weight excluding hydrogens is 250 g/mol. The fraction of sp³-hybridized carbons (Fsp3) is 0.588. The molecule has 1 aliphatic heterocycles. The Hall–Kier alpha value is -1.35. The monoisotopic (exact) mass is 275 g/mol. The van der Waals surface area contributed by atoms with E-state index in [1.54, 1.807) is 0 Å². The average Bonchev–Trinajstić information content (AvgIpc) is 2.99. The van der Waals surface area contributed by atoms with E-state index in [2.05, 4.69) is 36.5 Å². The number of rotatable bonds is 7. The van der Waals surface area contributed by atoms with Crippen molar-refractivity contribution in [2.45, 2.75) is 51.0 Å². The number of carbonyl (C=O) groups is 1. The molecular formula is C17H25NO2. The molecule has 0 radical (unpaired) electrons. The highest BCUT2D eigenvalue weighted by Gasteiger charge is 2.16. The molecule has 1 saturated heterocycles. The van der Waals surface area contributed by atoms with Gasteiger partial charge in [-0.25, -0.2) is 0 Å². The first-order chi connectivity index (χ1) is 9.75. The Labute approximate surface area is 121 Å². The van der Waals surface area contributed by atoms with Gasteiger partial charge < -0.3 is 10.1 Å². The van der Waals surface area contributed by atoms with Crippen LogP contribution in [0.2, 0.25) is 0 Å². The van der Waals surface area contributed by atoms with Gasteiger partial charge in [-0.05, 0) is 37.2 Å². The predicted octanol–water partition coefficient (Wildman–Crippen LogP) is 3.26. The van der Waals surface area contributed by atoms with Gasteiger partial charge >= 0.3 is 0 Å². The van der Waals surface area contributed by atoms with E-state index in [0.29, 0.717) is 18.4 Å². The second kappa shape index (κ2) is 8.05. The highest BCUT2D eigenvalue weighted by Crippen LogP contribution is 2.18. The standard InChI is InChI=1S/C17H25NO2/c1-14(15-6-3-2-4-7-15)11-12-18-17(19)10-9-16-8-5-13-20-16/h2-4,6-7,14,16H,5,8-13H2,1H3,(H,18,19)/t14-,16+/m1/s1. The van der Waals surface area contributed by atoms with E-state index in [4.69, 9.17) is 4.74 Å². The molecule has 3 nitrogen and oxygen atoms in total. The third kappa shape index (κ3) is 4.97. The zero-order valence-corrected chi connectivity index (χ0v) is 12.3. The van der Waals surface area contributed by atoms with E-state index in [0.717, 1.165) is 38.8 Å². The van der Waals surface area contributed by atoms with Crippen LogP contribution in [-0.4, -0.2) is 25.2 Å².